The van der Waals surface area contributed by atoms with E-state index in [9.17, 15) is 4.79 Å². The number of carbonyl (C=O) groups excluding carboxylic acids is 1. The molecule has 0 saturated heterocycles. The molecule has 0 heterocycles. The van der Waals surface area contributed by atoms with Gasteiger partial charge in [-0.05, 0) is 58.0 Å². The molecule has 168 valence electrons. The number of nitrogens with one attached hydrogen (secondary N) is 3. The van der Waals surface area contributed by atoms with Crippen molar-refractivity contribution in [2.75, 3.05) is 45.7 Å². The van der Waals surface area contributed by atoms with Gasteiger partial charge in [-0.15, -0.1) is 0 Å². The van der Waals surface area contributed by atoms with Crippen molar-refractivity contribution in [1.82, 2.24) is 15.5 Å². The Morgan fingerprint density at radius 2 is 2.00 bits per heavy atom. The van der Waals surface area contributed by atoms with Crippen LogP contribution in [0.3, 0.4) is 0 Å². The molecule has 0 bridgehead atoms. The maximum Gasteiger partial charge on any atom is 0.238 e. The van der Waals surface area contributed by atoms with Crippen LogP contribution in [0.25, 0.3) is 0 Å². The largest absolute Gasteiger partial charge is 0.378 e. The monoisotopic (exact) mass is 417 g/mol. The number of guanidine groups is 1. The van der Waals surface area contributed by atoms with Crippen molar-refractivity contribution in [3.63, 3.8) is 0 Å². The number of benzene rings is 1. The zero-order valence-corrected chi connectivity index (χ0v) is 18.9. The van der Waals surface area contributed by atoms with E-state index in [1.165, 1.54) is 32.1 Å². The average molecular weight is 418 g/mol. The first kappa shape index (κ1) is 24.2. The smallest absolute Gasteiger partial charge is 0.238 e. The summed E-state index contributed by atoms with van der Waals surface area (Å²) in [5, 5.41) is 9.59. The zero-order chi connectivity index (χ0) is 21.6. The Morgan fingerprint density at radius 3 is 2.73 bits per heavy atom. The number of nitrogens with zero attached hydrogens (tertiary/aromatic N) is 2. The molecule has 1 saturated carbocycles. The number of hydrogen-bond acceptors (Lipinski definition) is 4. The molecule has 1 aromatic rings. The van der Waals surface area contributed by atoms with E-state index in [0.29, 0.717) is 19.2 Å². The number of ether oxygens (including phenoxy) is 1. The van der Waals surface area contributed by atoms with Crippen LogP contribution in [0.15, 0.2) is 29.3 Å². The first-order valence-corrected chi connectivity index (χ1v) is 11.2. The summed E-state index contributed by atoms with van der Waals surface area (Å²) >= 11 is 0. The van der Waals surface area contributed by atoms with Crippen molar-refractivity contribution in [1.29, 1.82) is 0 Å². The van der Waals surface area contributed by atoms with Crippen LogP contribution in [0.1, 0.15) is 51.0 Å². The number of hydrogen-bond donors (Lipinski definition) is 3. The molecule has 30 heavy (non-hydrogen) atoms. The van der Waals surface area contributed by atoms with Gasteiger partial charge >= 0.3 is 0 Å². The van der Waals surface area contributed by atoms with Crippen molar-refractivity contribution < 1.29 is 9.53 Å². The lowest BCUT2D eigenvalue weighted by molar-refractivity contribution is -0.116. The highest BCUT2D eigenvalue weighted by Gasteiger charge is 2.13. The minimum absolute atomic E-state index is 0.0221. The highest BCUT2D eigenvalue weighted by atomic mass is 16.5. The minimum Gasteiger partial charge on any atom is -0.378 e. The number of rotatable bonds is 11. The normalized spacial score (nSPS) is 15.3. The maximum absolute atomic E-state index is 11.9. The van der Waals surface area contributed by atoms with Crippen LogP contribution in [0.4, 0.5) is 5.69 Å². The number of amides is 1. The van der Waals surface area contributed by atoms with Crippen LogP contribution in [-0.4, -0.2) is 63.2 Å². The standard InChI is InChI=1S/C23H39N5O2/c1-4-24-23(25-14-9-15-30-21-12-6-5-7-13-21)26-17-19-10-8-11-20(16-19)27-22(29)18-28(2)3/h8,10-11,16,21H,4-7,9,12-15,17-18H2,1-3H3,(H,27,29)(H2,24,25,26). The van der Waals surface area contributed by atoms with Gasteiger partial charge in [0, 0.05) is 25.4 Å². The molecule has 0 atom stereocenters. The Labute approximate surface area is 181 Å². The summed E-state index contributed by atoms with van der Waals surface area (Å²) in [7, 11) is 3.75. The van der Waals surface area contributed by atoms with Gasteiger partial charge in [0.2, 0.25) is 5.91 Å². The first-order chi connectivity index (χ1) is 14.6. The molecule has 1 aromatic carbocycles. The summed E-state index contributed by atoms with van der Waals surface area (Å²) < 4.78 is 5.99. The molecule has 2 rings (SSSR count). The second kappa shape index (κ2) is 14.0. The molecule has 1 amide bonds. The third kappa shape index (κ3) is 10.1. The number of likely N-dealkylation sites (N-methyl/N-ethyl adjacent to an activating group) is 1. The number of carbonyl (C=O) groups is 1. The van der Waals surface area contributed by atoms with E-state index >= 15 is 0 Å². The van der Waals surface area contributed by atoms with Gasteiger partial charge in [0.1, 0.15) is 0 Å². The molecule has 0 aromatic heterocycles. The molecule has 0 radical (unpaired) electrons. The van der Waals surface area contributed by atoms with E-state index in [1.807, 2.05) is 43.3 Å². The predicted octanol–water partition coefficient (Wildman–Crippen LogP) is 2.98. The average Bonchev–Trinajstić information content (AvgIpc) is 2.72. The van der Waals surface area contributed by atoms with Gasteiger partial charge in [0.25, 0.3) is 0 Å². The maximum atomic E-state index is 11.9. The fourth-order valence-corrected chi connectivity index (χ4v) is 3.51. The molecular weight excluding hydrogens is 378 g/mol. The van der Waals surface area contributed by atoms with Crippen LogP contribution in [0, 0.1) is 0 Å². The fourth-order valence-electron chi connectivity index (χ4n) is 3.51. The molecule has 1 fully saturated rings. The Kier molecular flexibility index (Phi) is 11.3. The second-order valence-corrected chi connectivity index (χ2v) is 8.09. The minimum atomic E-state index is -0.0221. The van der Waals surface area contributed by atoms with Crippen molar-refractivity contribution >= 4 is 17.6 Å². The number of aliphatic imine (C=N–C) groups is 1. The molecule has 1 aliphatic carbocycles. The highest BCUT2D eigenvalue weighted by molar-refractivity contribution is 5.92. The number of anilines is 1. The van der Waals surface area contributed by atoms with Crippen LogP contribution >= 0.6 is 0 Å². The highest BCUT2D eigenvalue weighted by Crippen LogP contribution is 2.20. The van der Waals surface area contributed by atoms with E-state index in [4.69, 9.17) is 4.74 Å². The summed E-state index contributed by atoms with van der Waals surface area (Å²) in [5.41, 5.74) is 1.85. The molecule has 1 aliphatic rings. The summed E-state index contributed by atoms with van der Waals surface area (Å²) in [6.07, 6.45) is 7.83. The van der Waals surface area contributed by atoms with Gasteiger partial charge in [-0.25, -0.2) is 4.99 Å². The SMILES string of the molecule is CCNC(=NCc1cccc(NC(=O)CN(C)C)c1)NCCCOC1CCCCC1. The van der Waals surface area contributed by atoms with Crippen LogP contribution in [0.2, 0.25) is 0 Å². The Morgan fingerprint density at radius 1 is 1.20 bits per heavy atom. The van der Waals surface area contributed by atoms with Crippen LogP contribution in [0.5, 0.6) is 0 Å². The van der Waals surface area contributed by atoms with Crippen LogP contribution < -0.4 is 16.0 Å². The van der Waals surface area contributed by atoms with Gasteiger partial charge in [0.05, 0.1) is 19.2 Å². The molecular formula is C23H39N5O2. The quantitative estimate of drug-likeness (QED) is 0.293. The Hall–Kier alpha value is -2.12. The third-order valence-corrected chi connectivity index (χ3v) is 4.95. The zero-order valence-electron chi connectivity index (χ0n) is 18.9. The van der Waals surface area contributed by atoms with Gasteiger partial charge in [-0.3, -0.25) is 4.79 Å². The molecule has 0 aliphatic heterocycles. The Bertz CT molecular complexity index is 657. The lowest BCUT2D eigenvalue weighted by Gasteiger charge is -2.22. The van der Waals surface area contributed by atoms with E-state index in [1.54, 1.807) is 0 Å². The fraction of sp³-hybridized carbons (Fsp3) is 0.652. The lowest BCUT2D eigenvalue weighted by Crippen LogP contribution is -2.38. The molecule has 0 unspecified atom stereocenters. The molecule has 3 N–H and O–H groups in total. The predicted molar refractivity (Wildman–Crippen MR) is 124 cm³/mol. The molecule has 7 heteroatoms. The van der Waals surface area contributed by atoms with E-state index in [0.717, 1.165) is 43.3 Å². The van der Waals surface area contributed by atoms with Gasteiger partial charge in [0.15, 0.2) is 5.96 Å². The van der Waals surface area contributed by atoms with Gasteiger partial charge in [-0.1, -0.05) is 31.4 Å². The van der Waals surface area contributed by atoms with Crippen molar-refractivity contribution in [2.24, 2.45) is 4.99 Å². The lowest BCUT2D eigenvalue weighted by atomic mass is 9.98. The third-order valence-electron chi connectivity index (χ3n) is 4.95. The summed E-state index contributed by atoms with van der Waals surface area (Å²) in [4.78, 5) is 18.5. The van der Waals surface area contributed by atoms with Gasteiger partial charge in [-0.2, -0.15) is 0 Å². The van der Waals surface area contributed by atoms with Crippen LogP contribution in [-0.2, 0) is 16.1 Å². The van der Waals surface area contributed by atoms with Gasteiger partial charge < -0.3 is 25.6 Å². The first-order valence-electron chi connectivity index (χ1n) is 11.2. The topological polar surface area (TPSA) is 78.0 Å². The summed E-state index contributed by atoms with van der Waals surface area (Å²) in [5.74, 6) is 0.781. The second-order valence-electron chi connectivity index (χ2n) is 8.09. The Balaban J connectivity index is 1.76. The van der Waals surface area contributed by atoms with Crippen molar-refractivity contribution in [3.05, 3.63) is 29.8 Å². The summed E-state index contributed by atoms with van der Waals surface area (Å²) in [6, 6.07) is 7.83. The van der Waals surface area contributed by atoms with Crippen molar-refractivity contribution in [3.8, 4) is 0 Å². The summed E-state index contributed by atoms with van der Waals surface area (Å²) in [6.45, 7) is 5.41. The van der Waals surface area contributed by atoms with E-state index in [-0.39, 0.29) is 5.91 Å². The van der Waals surface area contributed by atoms with E-state index in [2.05, 4.69) is 27.9 Å². The van der Waals surface area contributed by atoms with Crippen molar-refractivity contribution in [2.45, 2.75) is 58.1 Å². The molecule has 0 spiro atoms. The van der Waals surface area contributed by atoms with E-state index < -0.39 is 0 Å². The molecule has 7 nitrogen and oxygen atoms in total.